The molecule has 0 spiro atoms. The lowest BCUT2D eigenvalue weighted by molar-refractivity contribution is -0.137. The summed E-state index contributed by atoms with van der Waals surface area (Å²) < 4.78 is 83.6. The van der Waals surface area contributed by atoms with E-state index in [9.17, 15) is 26.7 Å². The number of ether oxygens (including phenoxy) is 3. The van der Waals surface area contributed by atoms with Crippen molar-refractivity contribution in [2.24, 2.45) is 10.3 Å². The van der Waals surface area contributed by atoms with E-state index in [4.69, 9.17) is 23.9 Å². The van der Waals surface area contributed by atoms with Crippen molar-refractivity contribution in [2.75, 3.05) is 21.3 Å². The second-order valence-electron chi connectivity index (χ2n) is 8.74. The molecule has 0 aliphatic carbocycles. The third kappa shape index (κ3) is 8.53. The molecule has 1 unspecified atom stereocenters. The highest BCUT2D eigenvalue weighted by Gasteiger charge is 2.30. The molecule has 0 radical (unpaired) electrons. The summed E-state index contributed by atoms with van der Waals surface area (Å²) in [4.78, 5) is 22.6. The van der Waals surface area contributed by atoms with Gasteiger partial charge in [-0.15, -0.1) is 0 Å². The number of alkyl halides is 3. The number of hydrogen-bond donors (Lipinski definition) is 0. The minimum Gasteiger partial charge on any atom is -0.503 e. The van der Waals surface area contributed by atoms with Crippen LogP contribution in [0, 0.1) is 11.6 Å². The van der Waals surface area contributed by atoms with Gasteiger partial charge in [-0.05, 0) is 42.3 Å². The molecule has 228 valence electrons. The maximum Gasteiger partial charge on any atom is 0.416 e. The Morgan fingerprint density at radius 2 is 1.67 bits per heavy atom. The van der Waals surface area contributed by atoms with Crippen LogP contribution in [0.2, 0.25) is 0 Å². The smallest absolute Gasteiger partial charge is 0.416 e. The summed E-state index contributed by atoms with van der Waals surface area (Å²) in [6, 6.07) is 12.8. The van der Waals surface area contributed by atoms with Crippen LogP contribution in [0.4, 0.5) is 22.0 Å². The molecule has 0 amide bonds. The van der Waals surface area contributed by atoms with Crippen LogP contribution in [0.25, 0.3) is 5.57 Å². The van der Waals surface area contributed by atoms with Crippen molar-refractivity contribution < 1.29 is 50.6 Å². The Hall–Kier alpha value is -4.94. The quantitative estimate of drug-likeness (QED) is 0.0561. The first kappa shape index (κ1) is 32.6. The van der Waals surface area contributed by atoms with E-state index in [2.05, 4.69) is 10.3 Å². The minimum absolute atomic E-state index is 0.0655. The molecule has 13 heteroatoms. The minimum atomic E-state index is -4.58. The van der Waals surface area contributed by atoms with Crippen LogP contribution in [-0.2, 0) is 36.7 Å². The Kier molecular flexibility index (Phi) is 11.2. The van der Waals surface area contributed by atoms with E-state index in [1.165, 1.54) is 39.7 Å². The summed E-state index contributed by atoms with van der Waals surface area (Å²) in [5, 5.41) is 7.60. The Morgan fingerprint density at radius 3 is 2.30 bits per heavy atom. The van der Waals surface area contributed by atoms with Crippen LogP contribution in [0.1, 0.15) is 40.8 Å². The van der Waals surface area contributed by atoms with E-state index in [1.54, 1.807) is 31.2 Å². The summed E-state index contributed by atoms with van der Waals surface area (Å²) in [7, 11) is 3.83. The molecule has 0 saturated heterocycles. The fraction of sp³-hybridized carbons (Fsp3) is 0.233. The first-order valence-corrected chi connectivity index (χ1v) is 12.5. The van der Waals surface area contributed by atoms with Crippen molar-refractivity contribution in [2.45, 2.75) is 25.8 Å². The lowest BCUT2D eigenvalue weighted by atomic mass is 9.97. The normalized spacial score (nSPS) is 13.0. The van der Waals surface area contributed by atoms with Crippen LogP contribution in [-0.4, -0.2) is 39.2 Å². The highest BCUT2D eigenvalue weighted by molar-refractivity contribution is 6.38. The average Bonchev–Trinajstić information content (AvgIpc) is 2.98. The monoisotopic (exact) mass is 606 g/mol. The molecular weight excluding hydrogens is 579 g/mol. The Morgan fingerprint density at radius 1 is 0.977 bits per heavy atom. The Balaban J connectivity index is 1.79. The number of methoxy groups -OCH3 is 2. The highest BCUT2D eigenvalue weighted by atomic mass is 19.4. The van der Waals surface area contributed by atoms with Gasteiger partial charge in [-0.3, -0.25) is 0 Å². The van der Waals surface area contributed by atoms with Gasteiger partial charge in [0.1, 0.15) is 31.1 Å². The van der Waals surface area contributed by atoms with Gasteiger partial charge in [-0.2, -0.15) is 13.2 Å². The molecule has 3 rings (SSSR count). The van der Waals surface area contributed by atoms with Crippen molar-refractivity contribution in [3.05, 3.63) is 106 Å². The van der Waals surface area contributed by atoms with E-state index in [-0.39, 0.29) is 22.4 Å². The fourth-order valence-corrected chi connectivity index (χ4v) is 3.86. The maximum absolute atomic E-state index is 14.9. The predicted octanol–water partition coefficient (Wildman–Crippen LogP) is 6.84. The van der Waals surface area contributed by atoms with Gasteiger partial charge in [0, 0.05) is 11.1 Å². The van der Waals surface area contributed by atoms with Crippen LogP contribution < -0.4 is 4.74 Å². The third-order valence-electron chi connectivity index (χ3n) is 5.85. The molecule has 0 aliphatic heterocycles. The number of benzene rings is 3. The van der Waals surface area contributed by atoms with Gasteiger partial charge in [0.25, 0.3) is 0 Å². The molecule has 3 aromatic carbocycles. The van der Waals surface area contributed by atoms with E-state index in [0.29, 0.717) is 11.1 Å². The number of halogens is 5. The molecule has 43 heavy (non-hydrogen) atoms. The molecule has 3 aromatic rings. The molecule has 0 N–H and O–H groups in total. The van der Waals surface area contributed by atoms with Gasteiger partial charge in [0.2, 0.25) is 0 Å². The van der Waals surface area contributed by atoms with Crippen molar-refractivity contribution in [3.63, 3.8) is 0 Å². The van der Waals surface area contributed by atoms with E-state index in [0.717, 1.165) is 30.5 Å². The molecule has 0 saturated carbocycles. The summed E-state index contributed by atoms with van der Waals surface area (Å²) in [5.41, 5.74) is 0.0885. The number of nitrogens with zero attached hydrogens (tertiary/aromatic N) is 2. The van der Waals surface area contributed by atoms with Gasteiger partial charge in [-0.1, -0.05) is 46.7 Å². The number of hydrogen-bond acceptors (Lipinski definition) is 8. The predicted molar refractivity (Wildman–Crippen MR) is 147 cm³/mol. The van der Waals surface area contributed by atoms with Crippen molar-refractivity contribution in [3.8, 4) is 5.75 Å². The molecular formula is C30H27F5N2O6. The van der Waals surface area contributed by atoms with Gasteiger partial charge < -0.3 is 23.9 Å². The highest BCUT2D eigenvalue weighted by Crippen LogP contribution is 2.31. The van der Waals surface area contributed by atoms with Crippen LogP contribution in [0.3, 0.4) is 0 Å². The van der Waals surface area contributed by atoms with Crippen molar-refractivity contribution >= 4 is 23.5 Å². The molecule has 1 atom stereocenters. The molecule has 8 nitrogen and oxygen atoms in total. The zero-order valence-electron chi connectivity index (χ0n) is 23.4. The number of carbonyl (C=O) groups is 1. The Bertz CT molecular complexity index is 1500. The second kappa shape index (κ2) is 14.8. The van der Waals surface area contributed by atoms with Gasteiger partial charge in [0.15, 0.2) is 17.4 Å². The molecule has 0 bridgehead atoms. The fourth-order valence-electron chi connectivity index (χ4n) is 3.86. The number of oxime groups is 2. The molecule has 0 aromatic heterocycles. The number of rotatable bonds is 12. The van der Waals surface area contributed by atoms with E-state index >= 15 is 0 Å². The number of carbonyl (C=O) groups excluding carboxylic acids is 1. The Labute approximate surface area is 243 Å². The first-order chi connectivity index (χ1) is 20.5. The average molecular weight is 607 g/mol. The van der Waals surface area contributed by atoms with Gasteiger partial charge in [-0.25, -0.2) is 13.6 Å². The van der Waals surface area contributed by atoms with E-state index < -0.39 is 47.8 Å². The second-order valence-corrected chi connectivity index (χ2v) is 8.74. The zero-order chi connectivity index (χ0) is 31.6. The topological polar surface area (TPSA) is 87.9 Å². The summed E-state index contributed by atoms with van der Waals surface area (Å²) in [6.45, 7) is 1.14. The maximum atomic E-state index is 14.9. The SMILES string of the molecule is COC=C(C(=O)OC)c1ccccc1C(C)ON=CC(=NOC)c1cc(F)c(OCc2cccc(C(F)(F)F)c2)c(F)c1. The van der Waals surface area contributed by atoms with Crippen LogP contribution in [0.5, 0.6) is 5.75 Å². The van der Waals surface area contributed by atoms with Crippen molar-refractivity contribution in [1.29, 1.82) is 0 Å². The van der Waals surface area contributed by atoms with Crippen LogP contribution >= 0.6 is 0 Å². The first-order valence-electron chi connectivity index (χ1n) is 12.5. The third-order valence-corrected chi connectivity index (χ3v) is 5.85. The summed E-state index contributed by atoms with van der Waals surface area (Å²) in [6.07, 6.45) is -3.00. The van der Waals surface area contributed by atoms with Crippen LogP contribution in [0.15, 0.2) is 77.2 Å². The lowest BCUT2D eigenvalue weighted by Crippen LogP contribution is -2.10. The molecule has 0 fully saturated rings. The summed E-state index contributed by atoms with van der Waals surface area (Å²) >= 11 is 0. The van der Waals surface area contributed by atoms with E-state index in [1.807, 2.05) is 0 Å². The number of esters is 1. The van der Waals surface area contributed by atoms with Gasteiger partial charge >= 0.3 is 12.1 Å². The van der Waals surface area contributed by atoms with Gasteiger partial charge in [0.05, 0.1) is 32.3 Å². The molecule has 0 heterocycles. The molecule has 0 aliphatic rings. The standard InChI is InChI=1S/C30H27F5N2O6/c1-18(22-10-5-6-11-23(22)24(17-39-2)29(38)40-3)43-36-15-27(37-41-4)20-13-25(31)28(26(32)14-20)42-16-19-8-7-9-21(12-19)30(33,34)35/h5-15,17-18H,16H2,1-4H3. The summed E-state index contributed by atoms with van der Waals surface area (Å²) in [5.74, 6) is -3.70. The zero-order valence-corrected chi connectivity index (χ0v) is 23.4. The van der Waals surface area contributed by atoms with Crippen molar-refractivity contribution in [1.82, 2.24) is 0 Å². The lowest BCUT2D eigenvalue weighted by Gasteiger charge is -2.16. The largest absolute Gasteiger partial charge is 0.503 e.